The van der Waals surface area contributed by atoms with Gasteiger partial charge < -0.3 is 38.7 Å². The Hall–Kier alpha value is -6.21. The minimum absolute atomic E-state index is 0.0913. The Labute approximate surface area is 350 Å². The highest BCUT2D eigenvalue weighted by molar-refractivity contribution is 7.90. The molecule has 0 saturated carbocycles. The van der Waals surface area contributed by atoms with Crippen LogP contribution in [0.15, 0.2) is 65.8 Å². The molecule has 0 aliphatic rings. The lowest BCUT2D eigenvalue weighted by Crippen LogP contribution is -2.36. The van der Waals surface area contributed by atoms with Gasteiger partial charge in [-0.15, -0.1) is 0 Å². The zero-order chi connectivity index (χ0) is 45.4. The number of halogens is 2. The number of carboxylic acid groups (broad SMARTS) is 1. The lowest BCUT2D eigenvalue weighted by atomic mass is 10.1. The Balaban J connectivity index is 0.000000344. The van der Waals surface area contributed by atoms with Crippen molar-refractivity contribution in [2.45, 2.75) is 5.03 Å². The second-order valence-corrected chi connectivity index (χ2v) is 15.2. The zero-order valence-corrected chi connectivity index (χ0v) is 34.9. The number of anilines is 1. The molecule has 4 rings (SSSR count). The summed E-state index contributed by atoms with van der Waals surface area (Å²) in [5.74, 6) is -2.13. The van der Waals surface area contributed by atoms with E-state index in [1.807, 2.05) is 0 Å². The summed E-state index contributed by atoms with van der Waals surface area (Å²) >= 11 is 11.8. The average Bonchev–Trinajstić information content (AvgIpc) is 3.17. The van der Waals surface area contributed by atoms with Gasteiger partial charge in [0, 0.05) is 37.4 Å². The molecule has 0 unspecified atom stereocenters. The van der Waals surface area contributed by atoms with Crippen LogP contribution >= 0.6 is 30.8 Å². The summed E-state index contributed by atoms with van der Waals surface area (Å²) in [5, 5.41) is 23.3. The fourth-order valence-corrected chi connectivity index (χ4v) is 5.87. The summed E-state index contributed by atoms with van der Waals surface area (Å²) in [7, 11) is -1.81. The molecule has 0 saturated heterocycles. The fraction of sp³-hybridized carbons (Fsp3) is 0.219. The van der Waals surface area contributed by atoms with E-state index in [1.165, 1.54) is 75.8 Å². The van der Waals surface area contributed by atoms with E-state index in [2.05, 4.69) is 30.3 Å². The first-order chi connectivity index (χ1) is 28.0. The maximum absolute atomic E-state index is 12.5. The standard InChI is InChI=1S/C15H18N6O6S.C14H9Cl2NO5.C3H8NO5P/c1-21(2)13(22)9-6-5-7-16-12(9)28(24,25)20-15(23)19-14-17-10(26-3)8-11(18-14)27-4;1-21-14(18)10-7-9(3-4-12(10)17(19)20)22-13-5-2-8(15)6-11(13)16;5-3(6)1-4-2-10(7,8)9/h5-8H,1-4H3,(H2,17,18,19,20,23);2-7H,1H3;4H,1-2H2,(H,5,6)(H2,7,8,9). The molecule has 0 aliphatic carbocycles. The number of pyridine rings is 1. The van der Waals surface area contributed by atoms with E-state index in [4.69, 9.17) is 52.3 Å². The second kappa shape index (κ2) is 22.8. The number of hydrogen-bond donors (Lipinski definition) is 6. The number of aromatic nitrogens is 3. The molecule has 6 N–H and O–H groups in total. The van der Waals surface area contributed by atoms with Gasteiger partial charge in [0.2, 0.25) is 17.7 Å². The summed E-state index contributed by atoms with van der Waals surface area (Å²) in [6.45, 7) is -0.439. The SMILES string of the molecule is COC(=O)c1cc(Oc2ccc(Cl)cc2Cl)ccc1[N+](=O)[O-].COc1cc(OC)nc(NC(=O)NS(=O)(=O)c2ncccc2C(=O)N(C)C)n1.O=C(O)CNCP(=O)(O)O. The van der Waals surface area contributed by atoms with Crippen molar-refractivity contribution in [2.24, 2.45) is 0 Å². The molecule has 0 fully saturated rings. The van der Waals surface area contributed by atoms with E-state index in [0.717, 1.165) is 13.2 Å². The third-order valence-electron chi connectivity index (χ3n) is 6.50. The molecule has 0 spiro atoms. The van der Waals surface area contributed by atoms with Gasteiger partial charge in [-0.1, -0.05) is 23.2 Å². The Morgan fingerprint density at radius 1 is 0.950 bits per heavy atom. The van der Waals surface area contributed by atoms with E-state index >= 15 is 0 Å². The van der Waals surface area contributed by atoms with E-state index in [0.29, 0.717) is 10.8 Å². The van der Waals surface area contributed by atoms with Gasteiger partial charge in [-0.05, 0) is 36.4 Å². The molecule has 0 aliphatic heterocycles. The molecular formula is C32H35Cl2N8O16PS. The normalized spacial score (nSPS) is 10.6. The number of methoxy groups -OCH3 is 3. The van der Waals surface area contributed by atoms with Crippen molar-refractivity contribution in [3.8, 4) is 23.3 Å². The van der Waals surface area contributed by atoms with Gasteiger partial charge in [0.1, 0.15) is 17.1 Å². The van der Waals surface area contributed by atoms with Crippen LogP contribution in [-0.4, -0.2) is 120 Å². The largest absolute Gasteiger partial charge is 0.481 e. The molecule has 3 amide bonds. The van der Waals surface area contributed by atoms with Crippen molar-refractivity contribution in [3.05, 3.63) is 92.1 Å². The number of sulfonamides is 1. The summed E-state index contributed by atoms with van der Waals surface area (Å²) in [4.78, 5) is 84.9. The number of nitrogens with one attached hydrogen (secondary N) is 3. The van der Waals surface area contributed by atoms with Crippen molar-refractivity contribution in [3.63, 3.8) is 0 Å². The van der Waals surface area contributed by atoms with E-state index in [1.54, 1.807) is 16.9 Å². The molecule has 28 heteroatoms. The lowest BCUT2D eigenvalue weighted by Gasteiger charge is -2.14. The van der Waals surface area contributed by atoms with Crippen LogP contribution in [0.4, 0.5) is 16.4 Å². The minimum Gasteiger partial charge on any atom is -0.481 e. The molecule has 24 nitrogen and oxygen atoms in total. The van der Waals surface area contributed by atoms with Crippen LogP contribution in [0.3, 0.4) is 0 Å². The molecule has 2 aromatic carbocycles. The molecule has 60 heavy (non-hydrogen) atoms. The summed E-state index contributed by atoms with van der Waals surface area (Å²) in [5.41, 5.74) is -0.774. The maximum Gasteiger partial charge on any atom is 0.345 e. The number of nitro groups is 1. The van der Waals surface area contributed by atoms with Gasteiger partial charge in [-0.3, -0.25) is 34.9 Å². The van der Waals surface area contributed by atoms with Gasteiger partial charge in [0.15, 0.2) is 5.03 Å². The smallest absolute Gasteiger partial charge is 0.345 e. The van der Waals surface area contributed by atoms with Crippen molar-refractivity contribution < 1.29 is 70.9 Å². The molecule has 2 aromatic heterocycles. The van der Waals surface area contributed by atoms with Crippen LogP contribution in [0.1, 0.15) is 20.7 Å². The van der Waals surface area contributed by atoms with E-state index in [-0.39, 0.29) is 45.3 Å². The van der Waals surface area contributed by atoms with Crippen LogP contribution in [0.25, 0.3) is 0 Å². The van der Waals surface area contributed by atoms with E-state index < -0.39 is 64.3 Å². The van der Waals surface area contributed by atoms with Crippen LogP contribution in [-0.2, 0) is 24.1 Å². The average molecular weight is 922 g/mol. The molecule has 4 aromatic rings. The minimum atomic E-state index is -4.46. The third-order valence-corrected chi connectivity index (χ3v) is 8.95. The zero-order valence-electron chi connectivity index (χ0n) is 31.7. The second-order valence-electron chi connectivity index (χ2n) is 11.1. The van der Waals surface area contributed by atoms with Crippen molar-refractivity contribution >= 4 is 76.3 Å². The van der Waals surface area contributed by atoms with Gasteiger partial charge >= 0.3 is 25.6 Å². The number of carbonyl (C=O) groups excluding carboxylic acids is 3. The number of esters is 1. The number of carbonyl (C=O) groups is 4. The third kappa shape index (κ3) is 16.2. The molecular weight excluding hydrogens is 886 g/mol. The number of nitro benzene ring substituents is 1. The number of rotatable bonds is 14. The van der Waals surface area contributed by atoms with Crippen LogP contribution < -0.4 is 29.6 Å². The highest BCUT2D eigenvalue weighted by Gasteiger charge is 2.27. The Morgan fingerprint density at radius 3 is 2.10 bits per heavy atom. The van der Waals surface area contributed by atoms with Crippen LogP contribution in [0.2, 0.25) is 10.0 Å². The first-order valence-corrected chi connectivity index (χ1v) is 20.0. The number of nitrogens with zero attached hydrogens (tertiary/aromatic N) is 5. The fourth-order valence-electron chi connectivity index (χ4n) is 3.98. The number of hydrogen-bond acceptors (Lipinski definition) is 17. The van der Waals surface area contributed by atoms with Gasteiger partial charge in [-0.2, -0.15) is 18.4 Å². The highest BCUT2D eigenvalue weighted by atomic mass is 35.5. The first kappa shape index (κ1) is 49.9. The summed E-state index contributed by atoms with van der Waals surface area (Å²) in [6.07, 6.45) is 0.592. The molecule has 0 radical (unpaired) electrons. The number of benzene rings is 2. The Morgan fingerprint density at radius 2 is 1.58 bits per heavy atom. The maximum atomic E-state index is 12.5. The molecule has 324 valence electrons. The van der Waals surface area contributed by atoms with Crippen molar-refractivity contribution in [1.82, 2.24) is 29.9 Å². The first-order valence-electron chi connectivity index (χ1n) is 16.0. The van der Waals surface area contributed by atoms with E-state index in [9.17, 15) is 42.3 Å². The summed E-state index contributed by atoms with van der Waals surface area (Å²) in [6, 6.07) is 11.3. The molecule has 0 bridgehead atoms. The number of aliphatic carboxylic acids is 1. The predicted octanol–water partition coefficient (Wildman–Crippen LogP) is 3.38. The lowest BCUT2D eigenvalue weighted by molar-refractivity contribution is -0.385. The van der Waals surface area contributed by atoms with Gasteiger partial charge in [0.25, 0.3) is 21.6 Å². The summed E-state index contributed by atoms with van der Waals surface area (Å²) < 4.78 is 56.8. The number of ether oxygens (including phenoxy) is 4. The monoisotopic (exact) mass is 920 g/mol. The quantitative estimate of drug-likeness (QED) is 0.0457. The van der Waals surface area contributed by atoms with Crippen LogP contribution in [0, 0.1) is 10.1 Å². The Kier molecular flexibility index (Phi) is 19.0. The van der Waals surface area contributed by atoms with Gasteiger partial charge in [-0.25, -0.2) is 19.3 Å². The Bertz CT molecular complexity index is 2350. The van der Waals surface area contributed by atoms with Gasteiger partial charge in [0.05, 0.1) is 55.7 Å². The molecule has 2 heterocycles. The predicted molar refractivity (Wildman–Crippen MR) is 210 cm³/mol. The number of amides is 3. The van der Waals surface area contributed by atoms with Crippen molar-refractivity contribution in [2.75, 3.05) is 53.6 Å². The number of carboxylic acids is 1. The number of urea groups is 1. The van der Waals surface area contributed by atoms with Crippen LogP contribution in [0.5, 0.6) is 23.3 Å². The molecule has 0 atom stereocenters. The van der Waals surface area contributed by atoms with Crippen molar-refractivity contribution in [1.29, 1.82) is 0 Å². The highest BCUT2D eigenvalue weighted by Crippen LogP contribution is 2.34. The topological polar surface area (TPSA) is 338 Å².